The summed E-state index contributed by atoms with van der Waals surface area (Å²) in [6.45, 7) is 0. The van der Waals surface area contributed by atoms with E-state index in [2.05, 4.69) is 300 Å². The van der Waals surface area contributed by atoms with Crippen LogP contribution in [0.3, 0.4) is 0 Å². The van der Waals surface area contributed by atoms with Gasteiger partial charge in [0.2, 0.25) is 0 Å². The van der Waals surface area contributed by atoms with E-state index in [1.54, 1.807) is 0 Å². The molecule has 2 nitrogen and oxygen atoms in total. The minimum absolute atomic E-state index is 1.10. The molecule has 0 saturated heterocycles. The molecule has 0 radical (unpaired) electrons. The van der Waals surface area contributed by atoms with Crippen LogP contribution < -0.4 is 0 Å². The van der Waals surface area contributed by atoms with Crippen LogP contribution in [0.15, 0.2) is 291 Å². The van der Waals surface area contributed by atoms with Gasteiger partial charge in [0, 0.05) is 11.4 Å². The van der Waals surface area contributed by atoms with Crippen molar-refractivity contribution in [1.82, 2.24) is 9.13 Å². The molecule has 0 fully saturated rings. The van der Waals surface area contributed by atoms with Gasteiger partial charge in [0.15, 0.2) is 0 Å². The van der Waals surface area contributed by atoms with Gasteiger partial charge in [-0.25, -0.2) is 0 Å². The molecule has 346 valence electrons. The number of rotatable bonds is 9. The summed E-state index contributed by atoms with van der Waals surface area (Å²) in [5, 5.41) is 9.67. The average molecular weight is 941 g/mol. The van der Waals surface area contributed by atoms with Gasteiger partial charge in [-0.2, -0.15) is 0 Å². The van der Waals surface area contributed by atoms with Gasteiger partial charge in [0.05, 0.1) is 22.8 Å². The number of hydrogen-bond donors (Lipinski definition) is 0. The minimum atomic E-state index is 1.10. The Kier molecular flexibility index (Phi) is 10.6. The lowest BCUT2D eigenvalue weighted by Gasteiger charge is -2.22. The Morgan fingerprint density at radius 3 is 1.12 bits per heavy atom. The molecule has 14 aromatic rings. The largest absolute Gasteiger partial charge is 0.309 e. The summed E-state index contributed by atoms with van der Waals surface area (Å²) in [4.78, 5) is 0. The number of nitrogens with zero attached hydrogens (tertiary/aromatic N) is 2. The molecule has 2 heterocycles. The van der Waals surface area contributed by atoms with Crippen molar-refractivity contribution >= 4 is 43.1 Å². The van der Waals surface area contributed by atoms with Crippen molar-refractivity contribution in [2.45, 2.75) is 0 Å². The van der Waals surface area contributed by atoms with E-state index in [1.807, 2.05) is 0 Å². The van der Waals surface area contributed by atoms with Gasteiger partial charge in [0.25, 0.3) is 0 Å². The molecule has 0 amide bonds. The summed E-state index contributed by atoms with van der Waals surface area (Å²) < 4.78 is 4.90. The molecule has 2 aromatic heterocycles. The second-order valence-corrected chi connectivity index (χ2v) is 19.2. The molecule has 0 N–H and O–H groups in total. The number of fused-ring (bicyclic) bond motifs is 4. The Bertz CT molecular complexity index is 4260. The third-order valence-electron chi connectivity index (χ3n) is 15.0. The maximum atomic E-state index is 2.46. The van der Waals surface area contributed by atoms with Gasteiger partial charge < -0.3 is 9.13 Å². The van der Waals surface area contributed by atoms with Crippen LogP contribution in [0.2, 0.25) is 0 Å². The van der Waals surface area contributed by atoms with E-state index in [4.69, 9.17) is 0 Å². The lowest BCUT2D eigenvalue weighted by molar-refractivity contribution is 1.10. The molecule has 0 aliphatic carbocycles. The minimum Gasteiger partial charge on any atom is -0.309 e. The molecular formula is C72H48N2. The lowest BCUT2D eigenvalue weighted by Crippen LogP contribution is -2.02. The fraction of sp³-hybridized carbons (Fsp3) is 0. The molecule has 12 aromatic carbocycles. The highest BCUT2D eigenvalue weighted by Crippen LogP contribution is 2.48. The van der Waals surface area contributed by atoms with Crippen LogP contribution in [0.4, 0.5) is 0 Å². The van der Waals surface area contributed by atoms with Crippen LogP contribution in [0.25, 0.3) is 133 Å². The van der Waals surface area contributed by atoms with Crippen LogP contribution in [-0.2, 0) is 0 Å². The quantitative estimate of drug-likeness (QED) is 0.128. The van der Waals surface area contributed by atoms with Crippen LogP contribution in [0.1, 0.15) is 0 Å². The summed E-state index contributed by atoms with van der Waals surface area (Å²) in [5.74, 6) is 0. The third-order valence-corrected chi connectivity index (χ3v) is 15.0. The lowest BCUT2D eigenvalue weighted by atomic mass is 9.84. The van der Waals surface area contributed by atoms with Gasteiger partial charge in [-0.3, -0.25) is 0 Å². The third kappa shape index (κ3) is 7.43. The smallest absolute Gasteiger partial charge is 0.0535 e. The molecule has 14 rings (SSSR count). The molecule has 0 atom stereocenters. The molecule has 0 spiro atoms. The van der Waals surface area contributed by atoms with E-state index in [-0.39, 0.29) is 0 Å². The van der Waals surface area contributed by atoms with Crippen molar-refractivity contribution in [3.8, 4) is 89.8 Å². The highest BCUT2D eigenvalue weighted by Gasteiger charge is 2.23. The fourth-order valence-corrected chi connectivity index (χ4v) is 11.5. The normalized spacial score (nSPS) is 11.5. The summed E-state index contributed by atoms with van der Waals surface area (Å²) in [6, 6.07) is 107. The van der Waals surface area contributed by atoms with Crippen LogP contribution in [-0.4, -0.2) is 9.13 Å². The second-order valence-electron chi connectivity index (χ2n) is 19.2. The van der Waals surface area contributed by atoms with Crippen molar-refractivity contribution in [2.24, 2.45) is 0 Å². The Morgan fingerprint density at radius 1 is 0.189 bits per heavy atom. The summed E-state index contributed by atoms with van der Waals surface area (Å²) in [6.07, 6.45) is 0. The van der Waals surface area contributed by atoms with E-state index < -0.39 is 0 Å². The van der Waals surface area contributed by atoms with Gasteiger partial charge in [-0.05, 0) is 153 Å². The topological polar surface area (TPSA) is 9.86 Å². The highest BCUT2D eigenvalue weighted by molar-refractivity contribution is 6.24. The van der Waals surface area contributed by atoms with Crippen molar-refractivity contribution in [1.29, 1.82) is 0 Å². The molecule has 2 heteroatoms. The molecular weight excluding hydrogens is 893 g/mol. The zero-order chi connectivity index (χ0) is 49.0. The maximum Gasteiger partial charge on any atom is 0.0535 e. The summed E-state index contributed by atoms with van der Waals surface area (Å²) in [5.41, 5.74) is 18.6. The van der Waals surface area contributed by atoms with Crippen molar-refractivity contribution < 1.29 is 0 Å². The van der Waals surface area contributed by atoms with Crippen molar-refractivity contribution in [3.05, 3.63) is 291 Å². The summed E-state index contributed by atoms with van der Waals surface area (Å²) >= 11 is 0. The van der Waals surface area contributed by atoms with E-state index >= 15 is 0 Å². The van der Waals surface area contributed by atoms with Gasteiger partial charge in [-0.15, -0.1) is 0 Å². The zero-order valence-corrected chi connectivity index (χ0v) is 40.6. The summed E-state index contributed by atoms with van der Waals surface area (Å²) in [7, 11) is 0. The fourth-order valence-electron chi connectivity index (χ4n) is 11.5. The van der Waals surface area contributed by atoms with Gasteiger partial charge in [0.1, 0.15) is 0 Å². The Hall–Kier alpha value is -9.76. The van der Waals surface area contributed by atoms with E-state index in [0.717, 1.165) is 62.0 Å². The van der Waals surface area contributed by atoms with Crippen LogP contribution >= 0.6 is 0 Å². The monoisotopic (exact) mass is 940 g/mol. The van der Waals surface area contributed by atoms with Crippen LogP contribution in [0.5, 0.6) is 0 Å². The molecule has 0 saturated carbocycles. The maximum absolute atomic E-state index is 2.46. The Labute approximate surface area is 431 Å². The highest BCUT2D eigenvalue weighted by atomic mass is 15.0. The first-order valence-corrected chi connectivity index (χ1v) is 25.5. The predicted octanol–water partition coefficient (Wildman–Crippen LogP) is 19.5. The van der Waals surface area contributed by atoms with Crippen LogP contribution in [0, 0.1) is 0 Å². The second kappa shape index (κ2) is 18.1. The molecule has 0 unspecified atom stereocenters. The first-order valence-electron chi connectivity index (χ1n) is 25.5. The molecule has 0 aliphatic rings. The predicted molar refractivity (Wildman–Crippen MR) is 313 cm³/mol. The first-order chi connectivity index (χ1) is 36.7. The number of benzene rings is 12. The number of hydrogen-bond acceptors (Lipinski definition) is 0. The average Bonchev–Trinajstić information content (AvgIpc) is 4.14. The van der Waals surface area contributed by atoms with Gasteiger partial charge in [-0.1, -0.05) is 237 Å². The van der Waals surface area contributed by atoms with E-state index in [1.165, 1.54) is 70.9 Å². The molecule has 0 aliphatic heterocycles. The van der Waals surface area contributed by atoms with Crippen molar-refractivity contribution in [2.75, 3.05) is 0 Å². The van der Waals surface area contributed by atoms with Gasteiger partial charge >= 0.3 is 0 Å². The zero-order valence-electron chi connectivity index (χ0n) is 40.6. The number of aromatic nitrogens is 2. The Balaban J connectivity index is 1.09. The standard InChI is InChI=1S/C72H48N2/c1-5-20-52(21-6-1)67-42-43-68(53-22-7-2-8-23-53)73(67)59-39-41-64-65(47-59)71(56-35-32-50(33-36-56)58-37-34-49-18-13-14-28-57(49)46-58)63-40-38-60(48-66(63)72(64)62-31-17-29-51-19-15-16-30-61(51)62)74-69(54-24-9-3-10-25-54)44-45-70(74)55-26-11-4-12-27-55/h1-48H. The Morgan fingerprint density at radius 2 is 0.595 bits per heavy atom. The van der Waals surface area contributed by atoms with E-state index in [9.17, 15) is 0 Å². The molecule has 74 heavy (non-hydrogen) atoms. The van der Waals surface area contributed by atoms with Crippen molar-refractivity contribution in [3.63, 3.8) is 0 Å². The SMILES string of the molecule is c1ccc(-c2ccc(-c3ccccc3)n2-c2ccc3c(-c4cccc5ccccc45)c4cc(-n5c(-c6ccccc6)ccc5-c5ccccc5)ccc4c(-c4ccc(-c5ccc6ccccc6c5)cc4)c3c2)cc1. The molecule has 0 bridgehead atoms. The first kappa shape index (κ1) is 43.1. The van der Waals surface area contributed by atoms with E-state index in [0.29, 0.717) is 0 Å².